The predicted molar refractivity (Wildman–Crippen MR) is 86.3 cm³/mol. The van der Waals surface area contributed by atoms with E-state index in [0.29, 0.717) is 12.1 Å². The summed E-state index contributed by atoms with van der Waals surface area (Å²) < 4.78 is 1.49. The molecular formula is C17H21N3O3. The first kappa shape index (κ1) is 16.7. The number of carboxylic acids is 1. The molecule has 0 aliphatic carbocycles. The van der Waals surface area contributed by atoms with Crippen LogP contribution in [0.4, 0.5) is 0 Å². The van der Waals surface area contributed by atoms with Gasteiger partial charge in [-0.3, -0.25) is 14.3 Å². The van der Waals surface area contributed by atoms with Crippen LogP contribution in [0.15, 0.2) is 30.3 Å². The predicted octanol–water partition coefficient (Wildman–Crippen LogP) is 1.71. The summed E-state index contributed by atoms with van der Waals surface area (Å²) in [5, 5.41) is 16.2. The first-order valence-electron chi connectivity index (χ1n) is 7.44. The van der Waals surface area contributed by atoms with Crippen LogP contribution in [0, 0.1) is 19.8 Å². The Kier molecular flexibility index (Phi) is 5.16. The molecule has 2 rings (SSSR count). The number of amides is 1. The van der Waals surface area contributed by atoms with Crippen molar-refractivity contribution in [3.8, 4) is 0 Å². The summed E-state index contributed by atoms with van der Waals surface area (Å²) in [6, 6.07) is 9.40. The Bertz CT molecular complexity index is 722. The zero-order valence-corrected chi connectivity index (χ0v) is 13.5. The van der Waals surface area contributed by atoms with Crippen molar-refractivity contribution < 1.29 is 14.7 Å². The summed E-state index contributed by atoms with van der Waals surface area (Å²) in [6.07, 6.45) is 0.377. The van der Waals surface area contributed by atoms with Gasteiger partial charge >= 0.3 is 5.97 Å². The lowest BCUT2D eigenvalue weighted by molar-refractivity contribution is -0.141. The van der Waals surface area contributed by atoms with Gasteiger partial charge in [0.15, 0.2) is 0 Å². The Morgan fingerprint density at radius 2 is 2.04 bits per heavy atom. The molecule has 2 N–H and O–H groups in total. The zero-order valence-electron chi connectivity index (χ0n) is 13.5. The monoisotopic (exact) mass is 315 g/mol. The number of hydrogen-bond acceptors (Lipinski definition) is 3. The molecule has 0 radical (unpaired) electrons. The molecule has 0 aliphatic rings. The van der Waals surface area contributed by atoms with Crippen molar-refractivity contribution >= 4 is 11.9 Å². The van der Waals surface area contributed by atoms with Crippen LogP contribution in [0.1, 0.15) is 27.3 Å². The Hall–Kier alpha value is -2.63. The topological polar surface area (TPSA) is 84.2 Å². The van der Waals surface area contributed by atoms with Crippen LogP contribution >= 0.6 is 0 Å². The van der Waals surface area contributed by atoms with Gasteiger partial charge in [-0.05, 0) is 31.9 Å². The fourth-order valence-corrected chi connectivity index (χ4v) is 2.50. The first-order valence-corrected chi connectivity index (χ1v) is 7.44. The summed E-state index contributed by atoms with van der Waals surface area (Å²) in [5.74, 6) is -1.91. The molecule has 6 nitrogen and oxygen atoms in total. The van der Waals surface area contributed by atoms with Gasteiger partial charge in [0.2, 0.25) is 0 Å². The number of aromatic nitrogens is 2. The number of nitrogens with zero attached hydrogens (tertiary/aromatic N) is 2. The van der Waals surface area contributed by atoms with Crippen molar-refractivity contribution in [3.63, 3.8) is 0 Å². The van der Waals surface area contributed by atoms with Crippen LogP contribution in [-0.2, 0) is 18.3 Å². The summed E-state index contributed by atoms with van der Waals surface area (Å²) in [5.41, 5.74) is 3.19. The van der Waals surface area contributed by atoms with Gasteiger partial charge < -0.3 is 10.4 Å². The van der Waals surface area contributed by atoms with Crippen molar-refractivity contribution in [3.05, 3.63) is 52.8 Å². The molecule has 122 valence electrons. The minimum atomic E-state index is -0.923. The highest BCUT2D eigenvalue weighted by Gasteiger charge is 2.20. The van der Waals surface area contributed by atoms with Gasteiger partial charge in [-0.1, -0.05) is 29.8 Å². The smallest absolute Gasteiger partial charge is 0.308 e. The fourth-order valence-electron chi connectivity index (χ4n) is 2.50. The maximum atomic E-state index is 12.1. The molecule has 1 aromatic carbocycles. The van der Waals surface area contributed by atoms with Crippen LogP contribution in [0.3, 0.4) is 0 Å². The number of nitrogens with one attached hydrogen (secondary N) is 1. The third-order valence-electron chi connectivity index (χ3n) is 3.66. The highest BCUT2D eigenvalue weighted by molar-refractivity contribution is 5.92. The van der Waals surface area contributed by atoms with Gasteiger partial charge in [-0.15, -0.1) is 0 Å². The fraction of sp³-hybridized carbons (Fsp3) is 0.353. The lowest BCUT2D eigenvalue weighted by Gasteiger charge is -2.14. The molecule has 1 aromatic heterocycles. The van der Waals surface area contributed by atoms with Crippen LogP contribution < -0.4 is 5.32 Å². The number of carbonyl (C=O) groups is 2. The SMILES string of the molecule is Cc1cccc(CC(CNC(=O)c2cc(C)nn2C)C(=O)O)c1. The molecule has 1 atom stereocenters. The second-order valence-electron chi connectivity index (χ2n) is 5.73. The number of aryl methyl sites for hydroxylation is 3. The molecule has 1 heterocycles. The Morgan fingerprint density at radius 1 is 1.30 bits per heavy atom. The lowest BCUT2D eigenvalue weighted by atomic mass is 9.98. The largest absolute Gasteiger partial charge is 0.481 e. The van der Waals surface area contributed by atoms with Crippen LogP contribution in [0.2, 0.25) is 0 Å². The van der Waals surface area contributed by atoms with Gasteiger partial charge in [0.05, 0.1) is 11.6 Å². The van der Waals surface area contributed by atoms with Crippen LogP contribution in [0.25, 0.3) is 0 Å². The molecule has 0 saturated heterocycles. The summed E-state index contributed by atoms with van der Waals surface area (Å²) >= 11 is 0. The van der Waals surface area contributed by atoms with E-state index in [-0.39, 0.29) is 12.5 Å². The van der Waals surface area contributed by atoms with E-state index >= 15 is 0 Å². The third-order valence-corrected chi connectivity index (χ3v) is 3.66. The van der Waals surface area contributed by atoms with Crippen molar-refractivity contribution in [1.29, 1.82) is 0 Å². The van der Waals surface area contributed by atoms with Crippen LogP contribution in [-0.4, -0.2) is 33.3 Å². The van der Waals surface area contributed by atoms with E-state index in [1.807, 2.05) is 31.2 Å². The molecule has 0 aliphatic heterocycles. The van der Waals surface area contributed by atoms with Gasteiger partial charge in [-0.25, -0.2) is 0 Å². The van der Waals surface area contributed by atoms with E-state index in [9.17, 15) is 14.7 Å². The second-order valence-corrected chi connectivity index (χ2v) is 5.73. The Balaban J connectivity index is 2.01. The van der Waals surface area contributed by atoms with Crippen molar-refractivity contribution in [1.82, 2.24) is 15.1 Å². The standard InChI is InChI=1S/C17H21N3O3/c1-11-5-4-6-13(7-11)9-14(17(22)23)10-18-16(21)15-8-12(2)19-20(15)3/h4-8,14H,9-10H2,1-3H3,(H,18,21)(H,22,23). The number of carboxylic acid groups (broad SMARTS) is 1. The first-order chi connectivity index (χ1) is 10.9. The normalized spacial score (nSPS) is 12.0. The molecule has 23 heavy (non-hydrogen) atoms. The van der Waals surface area contributed by atoms with Gasteiger partial charge in [0, 0.05) is 13.6 Å². The summed E-state index contributed by atoms with van der Waals surface area (Å²) in [6.45, 7) is 3.84. The minimum absolute atomic E-state index is 0.0757. The van der Waals surface area contributed by atoms with Gasteiger partial charge in [0.25, 0.3) is 5.91 Å². The van der Waals surface area contributed by atoms with Gasteiger partial charge in [0.1, 0.15) is 5.69 Å². The van der Waals surface area contributed by atoms with Crippen LogP contribution in [0.5, 0.6) is 0 Å². The number of benzene rings is 1. The number of carbonyl (C=O) groups excluding carboxylic acids is 1. The number of rotatable bonds is 6. The highest BCUT2D eigenvalue weighted by atomic mass is 16.4. The molecule has 0 saturated carbocycles. The summed E-state index contributed by atoms with van der Waals surface area (Å²) in [7, 11) is 1.68. The maximum Gasteiger partial charge on any atom is 0.308 e. The third kappa shape index (κ3) is 4.42. The van der Waals surface area contributed by atoms with E-state index in [1.54, 1.807) is 20.0 Å². The Labute approximate surface area is 135 Å². The molecular weight excluding hydrogens is 294 g/mol. The van der Waals surface area contributed by atoms with E-state index in [1.165, 1.54) is 4.68 Å². The molecule has 1 amide bonds. The Morgan fingerprint density at radius 3 is 2.61 bits per heavy atom. The molecule has 2 aromatic rings. The number of hydrogen-bond donors (Lipinski definition) is 2. The molecule has 0 spiro atoms. The van der Waals surface area contributed by atoms with Gasteiger partial charge in [-0.2, -0.15) is 5.10 Å². The average Bonchev–Trinajstić information content (AvgIpc) is 2.81. The quantitative estimate of drug-likeness (QED) is 0.850. The molecule has 0 bridgehead atoms. The van der Waals surface area contributed by atoms with E-state index in [0.717, 1.165) is 16.8 Å². The average molecular weight is 315 g/mol. The van der Waals surface area contributed by atoms with E-state index in [4.69, 9.17) is 0 Å². The second kappa shape index (κ2) is 7.09. The van der Waals surface area contributed by atoms with Crippen molar-refractivity contribution in [2.24, 2.45) is 13.0 Å². The zero-order chi connectivity index (χ0) is 17.0. The molecule has 0 fully saturated rings. The molecule has 1 unspecified atom stereocenters. The van der Waals surface area contributed by atoms with Crippen molar-refractivity contribution in [2.75, 3.05) is 6.54 Å². The summed E-state index contributed by atoms with van der Waals surface area (Å²) in [4.78, 5) is 23.6. The number of aliphatic carboxylic acids is 1. The minimum Gasteiger partial charge on any atom is -0.481 e. The maximum absolute atomic E-state index is 12.1. The van der Waals surface area contributed by atoms with E-state index in [2.05, 4.69) is 10.4 Å². The van der Waals surface area contributed by atoms with Crippen molar-refractivity contribution in [2.45, 2.75) is 20.3 Å². The molecule has 6 heteroatoms. The highest BCUT2D eigenvalue weighted by Crippen LogP contribution is 2.11. The van der Waals surface area contributed by atoms with E-state index < -0.39 is 11.9 Å². The lowest BCUT2D eigenvalue weighted by Crippen LogP contribution is -2.35.